The first-order valence-corrected chi connectivity index (χ1v) is 5.77. The summed E-state index contributed by atoms with van der Waals surface area (Å²) in [5.74, 6) is 0.408. The van der Waals surface area contributed by atoms with Crippen LogP contribution in [0.4, 0.5) is 5.69 Å². The minimum Gasteiger partial charge on any atom is -0.327 e. The summed E-state index contributed by atoms with van der Waals surface area (Å²) in [5, 5.41) is 6.13. The quantitative estimate of drug-likeness (QED) is 0.758. The molecule has 0 saturated carbocycles. The van der Waals surface area contributed by atoms with Crippen molar-refractivity contribution in [3.8, 4) is 0 Å². The molecule has 0 aromatic carbocycles. The molecule has 2 rings (SSSR count). The molecule has 1 fully saturated rings. The number of carbonyl (C=O) groups is 1. The van der Waals surface area contributed by atoms with Crippen molar-refractivity contribution >= 4 is 12.1 Å². The Morgan fingerprint density at radius 3 is 3.31 bits per heavy atom. The fraction of sp³-hybridized carbons (Fsp3) is 0.500. The molecule has 4 heteroatoms. The van der Waals surface area contributed by atoms with Gasteiger partial charge in [-0.05, 0) is 31.5 Å². The highest BCUT2D eigenvalue weighted by Gasteiger charge is 2.18. The van der Waals surface area contributed by atoms with Crippen molar-refractivity contribution in [1.82, 2.24) is 10.3 Å². The fourth-order valence-electron chi connectivity index (χ4n) is 2.18. The van der Waals surface area contributed by atoms with Crippen LogP contribution in [0.3, 0.4) is 0 Å². The van der Waals surface area contributed by atoms with Crippen LogP contribution in [0.25, 0.3) is 0 Å². The normalized spacial score (nSPS) is 21.1. The minimum absolute atomic E-state index is 0.408. The maximum atomic E-state index is 10.5. The second-order valence-corrected chi connectivity index (χ2v) is 4.10. The average Bonchev–Trinajstić information content (AvgIpc) is 2.59. The van der Waals surface area contributed by atoms with Gasteiger partial charge in [-0.15, -0.1) is 0 Å². The lowest BCUT2D eigenvalue weighted by Gasteiger charge is -2.16. The van der Waals surface area contributed by atoms with Crippen LogP contribution in [-0.4, -0.2) is 24.5 Å². The van der Waals surface area contributed by atoms with Gasteiger partial charge in [-0.2, -0.15) is 0 Å². The molecule has 1 unspecified atom stereocenters. The molecule has 1 amide bonds. The topological polar surface area (TPSA) is 54.0 Å². The van der Waals surface area contributed by atoms with Crippen LogP contribution in [-0.2, 0) is 4.79 Å². The number of aromatic nitrogens is 1. The molecule has 1 aromatic heterocycles. The van der Waals surface area contributed by atoms with Crippen LogP contribution in [0.15, 0.2) is 18.3 Å². The molecule has 1 aliphatic rings. The van der Waals surface area contributed by atoms with Crippen molar-refractivity contribution in [3.05, 3.63) is 24.0 Å². The average molecular weight is 219 g/mol. The first-order valence-electron chi connectivity index (χ1n) is 5.77. The maximum absolute atomic E-state index is 10.5. The number of rotatable bonds is 3. The van der Waals surface area contributed by atoms with E-state index in [-0.39, 0.29) is 0 Å². The number of pyridine rings is 1. The Morgan fingerprint density at radius 2 is 2.44 bits per heavy atom. The monoisotopic (exact) mass is 219 g/mol. The smallest absolute Gasteiger partial charge is 0.211 e. The van der Waals surface area contributed by atoms with E-state index in [9.17, 15) is 4.79 Å². The van der Waals surface area contributed by atoms with E-state index in [0.717, 1.165) is 30.9 Å². The third kappa shape index (κ3) is 2.58. The Labute approximate surface area is 95.5 Å². The van der Waals surface area contributed by atoms with Gasteiger partial charge in [-0.3, -0.25) is 9.78 Å². The van der Waals surface area contributed by atoms with Gasteiger partial charge in [0, 0.05) is 18.7 Å². The Kier molecular flexibility index (Phi) is 3.88. The van der Waals surface area contributed by atoms with Crippen molar-refractivity contribution in [2.75, 3.05) is 18.4 Å². The van der Waals surface area contributed by atoms with Gasteiger partial charge in [-0.1, -0.05) is 6.42 Å². The van der Waals surface area contributed by atoms with Crippen LogP contribution in [0.1, 0.15) is 30.9 Å². The highest BCUT2D eigenvalue weighted by Crippen LogP contribution is 2.27. The lowest BCUT2D eigenvalue weighted by molar-refractivity contribution is -0.105. The summed E-state index contributed by atoms with van der Waals surface area (Å²) in [7, 11) is 0. The van der Waals surface area contributed by atoms with Crippen LogP contribution >= 0.6 is 0 Å². The number of hydrogen-bond acceptors (Lipinski definition) is 3. The van der Waals surface area contributed by atoms with Crippen molar-refractivity contribution in [2.24, 2.45) is 0 Å². The number of nitrogens with zero attached hydrogens (tertiary/aromatic N) is 1. The van der Waals surface area contributed by atoms with E-state index in [1.54, 1.807) is 6.20 Å². The molecule has 2 N–H and O–H groups in total. The zero-order valence-corrected chi connectivity index (χ0v) is 9.28. The summed E-state index contributed by atoms with van der Waals surface area (Å²) in [4.78, 5) is 14.9. The predicted octanol–water partition coefficient (Wildman–Crippen LogP) is 1.51. The summed E-state index contributed by atoms with van der Waals surface area (Å²) in [6.45, 7) is 2.03. The fourth-order valence-corrected chi connectivity index (χ4v) is 2.18. The van der Waals surface area contributed by atoms with Crippen LogP contribution < -0.4 is 10.6 Å². The summed E-state index contributed by atoms with van der Waals surface area (Å²) in [6, 6.07) is 3.75. The standard InChI is InChI=1S/C12H17N3O/c16-9-15-11-5-3-7-14-12(11)10-4-1-2-6-13-8-10/h3,5,7,9-10,13H,1-2,4,6,8H2,(H,15,16). The molecule has 0 bridgehead atoms. The van der Waals surface area contributed by atoms with E-state index >= 15 is 0 Å². The molecule has 86 valence electrons. The predicted molar refractivity (Wildman–Crippen MR) is 63.4 cm³/mol. The van der Waals surface area contributed by atoms with E-state index in [0.29, 0.717) is 12.3 Å². The molecule has 0 spiro atoms. The molecular weight excluding hydrogens is 202 g/mol. The summed E-state index contributed by atoms with van der Waals surface area (Å²) >= 11 is 0. The summed E-state index contributed by atoms with van der Waals surface area (Å²) < 4.78 is 0. The molecule has 1 saturated heterocycles. The highest BCUT2D eigenvalue weighted by atomic mass is 16.1. The van der Waals surface area contributed by atoms with Gasteiger partial charge in [0.05, 0.1) is 11.4 Å². The minimum atomic E-state index is 0.408. The molecule has 1 aromatic rings. The first kappa shape index (κ1) is 11.1. The molecule has 2 heterocycles. The zero-order valence-electron chi connectivity index (χ0n) is 9.28. The highest BCUT2D eigenvalue weighted by molar-refractivity contribution is 5.72. The lowest BCUT2D eigenvalue weighted by atomic mass is 9.98. The van der Waals surface area contributed by atoms with Crippen LogP contribution in [0.2, 0.25) is 0 Å². The van der Waals surface area contributed by atoms with Gasteiger partial charge in [0.2, 0.25) is 6.41 Å². The number of hydrogen-bond donors (Lipinski definition) is 2. The van der Waals surface area contributed by atoms with E-state index in [4.69, 9.17) is 0 Å². The van der Waals surface area contributed by atoms with Gasteiger partial charge in [-0.25, -0.2) is 0 Å². The van der Waals surface area contributed by atoms with E-state index in [1.807, 2.05) is 12.1 Å². The van der Waals surface area contributed by atoms with Gasteiger partial charge in [0.1, 0.15) is 0 Å². The zero-order chi connectivity index (χ0) is 11.2. The number of nitrogens with one attached hydrogen (secondary N) is 2. The van der Waals surface area contributed by atoms with E-state index in [1.165, 1.54) is 12.8 Å². The Morgan fingerprint density at radius 1 is 1.50 bits per heavy atom. The third-order valence-corrected chi connectivity index (χ3v) is 2.99. The Bertz CT molecular complexity index is 346. The maximum Gasteiger partial charge on any atom is 0.211 e. The van der Waals surface area contributed by atoms with Crippen LogP contribution in [0, 0.1) is 0 Å². The van der Waals surface area contributed by atoms with Gasteiger partial charge >= 0.3 is 0 Å². The summed E-state index contributed by atoms with van der Waals surface area (Å²) in [6.07, 6.45) is 6.08. The SMILES string of the molecule is O=CNc1cccnc1C1CCCCNC1. The van der Waals surface area contributed by atoms with Crippen molar-refractivity contribution in [2.45, 2.75) is 25.2 Å². The van der Waals surface area contributed by atoms with Crippen molar-refractivity contribution in [1.29, 1.82) is 0 Å². The first-order chi connectivity index (χ1) is 7.92. The largest absolute Gasteiger partial charge is 0.327 e. The summed E-state index contributed by atoms with van der Waals surface area (Å²) in [5.41, 5.74) is 1.84. The third-order valence-electron chi connectivity index (χ3n) is 2.99. The van der Waals surface area contributed by atoms with Gasteiger partial charge < -0.3 is 10.6 Å². The number of amides is 1. The molecular formula is C12H17N3O. The molecule has 0 aliphatic carbocycles. The lowest BCUT2D eigenvalue weighted by Crippen LogP contribution is -2.20. The molecule has 0 radical (unpaired) electrons. The number of carbonyl (C=O) groups excluding carboxylic acids is 1. The molecule has 16 heavy (non-hydrogen) atoms. The molecule has 1 aliphatic heterocycles. The second kappa shape index (κ2) is 5.61. The Hall–Kier alpha value is -1.42. The molecule has 1 atom stereocenters. The van der Waals surface area contributed by atoms with Crippen molar-refractivity contribution in [3.63, 3.8) is 0 Å². The Balaban J connectivity index is 2.19. The van der Waals surface area contributed by atoms with Crippen LogP contribution in [0.5, 0.6) is 0 Å². The van der Waals surface area contributed by atoms with Gasteiger partial charge in [0.15, 0.2) is 0 Å². The van der Waals surface area contributed by atoms with Crippen molar-refractivity contribution < 1.29 is 4.79 Å². The molecule has 4 nitrogen and oxygen atoms in total. The van der Waals surface area contributed by atoms with E-state index < -0.39 is 0 Å². The van der Waals surface area contributed by atoms with E-state index in [2.05, 4.69) is 15.6 Å². The van der Waals surface area contributed by atoms with Gasteiger partial charge in [0.25, 0.3) is 0 Å². The number of anilines is 1. The second-order valence-electron chi connectivity index (χ2n) is 4.10.